The SMILES string of the molecule is COCCn1c(-c2cccc(C)c2)nnc1S(N)(=O)=O. The van der Waals surface area contributed by atoms with Crippen molar-refractivity contribution in [3.05, 3.63) is 29.8 Å². The van der Waals surface area contributed by atoms with E-state index >= 15 is 0 Å². The van der Waals surface area contributed by atoms with E-state index in [1.807, 2.05) is 31.2 Å². The number of sulfonamides is 1. The first kappa shape index (κ1) is 14.6. The highest BCUT2D eigenvalue weighted by Crippen LogP contribution is 2.21. The molecule has 1 heterocycles. The van der Waals surface area contributed by atoms with Gasteiger partial charge < -0.3 is 4.74 Å². The number of primary sulfonamides is 1. The van der Waals surface area contributed by atoms with Crippen LogP contribution in [0.5, 0.6) is 0 Å². The van der Waals surface area contributed by atoms with E-state index in [4.69, 9.17) is 9.88 Å². The van der Waals surface area contributed by atoms with Crippen LogP contribution in [0.2, 0.25) is 0 Å². The summed E-state index contributed by atoms with van der Waals surface area (Å²) in [6.45, 7) is 2.58. The molecule has 0 atom stereocenters. The highest BCUT2D eigenvalue weighted by Gasteiger charge is 2.21. The maximum absolute atomic E-state index is 11.5. The third-order valence-corrected chi connectivity index (χ3v) is 3.58. The molecule has 0 spiro atoms. The minimum atomic E-state index is -3.93. The number of methoxy groups -OCH3 is 1. The monoisotopic (exact) mass is 296 g/mol. The maximum Gasteiger partial charge on any atom is 0.273 e. The number of benzene rings is 1. The summed E-state index contributed by atoms with van der Waals surface area (Å²) in [5.41, 5.74) is 1.82. The second kappa shape index (κ2) is 5.70. The number of aryl methyl sites for hydroxylation is 1. The van der Waals surface area contributed by atoms with Crippen molar-refractivity contribution in [3.8, 4) is 11.4 Å². The van der Waals surface area contributed by atoms with E-state index in [9.17, 15) is 8.42 Å². The number of nitrogens with two attached hydrogens (primary N) is 1. The van der Waals surface area contributed by atoms with Crippen molar-refractivity contribution in [2.45, 2.75) is 18.6 Å². The van der Waals surface area contributed by atoms with E-state index in [0.29, 0.717) is 19.0 Å². The second-order valence-electron chi connectivity index (χ2n) is 4.37. The molecular formula is C12H16N4O3S. The molecule has 20 heavy (non-hydrogen) atoms. The Bertz CT molecular complexity index is 709. The van der Waals surface area contributed by atoms with Crippen molar-refractivity contribution in [2.24, 2.45) is 5.14 Å². The van der Waals surface area contributed by atoms with Gasteiger partial charge >= 0.3 is 0 Å². The van der Waals surface area contributed by atoms with Gasteiger partial charge in [-0.25, -0.2) is 13.6 Å². The first-order chi connectivity index (χ1) is 9.43. The summed E-state index contributed by atoms with van der Waals surface area (Å²) in [6, 6.07) is 7.56. The minimum absolute atomic E-state index is 0.258. The highest BCUT2D eigenvalue weighted by atomic mass is 32.2. The molecule has 1 aromatic carbocycles. The van der Waals surface area contributed by atoms with Gasteiger partial charge in [0.05, 0.1) is 13.2 Å². The Morgan fingerprint density at radius 2 is 2.10 bits per heavy atom. The van der Waals surface area contributed by atoms with Gasteiger partial charge in [0.1, 0.15) is 0 Å². The lowest BCUT2D eigenvalue weighted by Gasteiger charge is -2.09. The third kappa shape index (κ3) is 3.03. The van der Waals surface area contributed by atoms with Crippen LogP contribution in [0, 0.1) is 6.92 Å². The smallest absolute Gasteiger partial charge is 0.273 e. The summed E-state index contributed by atoms with van der Waals surface area (Å²) in [4.78, 5) is 0. The summed E-state index contributed by atoms with van der Waals surface area (Å²) < 4.78 is 29.5. The Morgan fingerprint density at radius 1 is 1.35 bits per heavy atom. The van der Waals surface area contributed by atoms with Crippen LogP contribution in [0.15, 0.2) is 29.4 Å². The van der Waals surface area contributed by atoms with E-state index in [1.165, 1.54) is 11.7 Å². The van der Waals surface area contributed by atoms with Crippen molar-refractivity contribution in [2.75, 3.05) is 13.7 Å². The maximum atomic E-state index is 11.5. The Balaban J connectivity index is 2.56. The summed E-state index contributed by atoms with van der Waals surface area (Å²) in [5.74, 6) is 0.453. The molecule has 1 aromatic heterocycles. The van der Waals surface area contributed by atoms with Crippen LogP contribution in [-0.4, -0.2) is 36.9 Å². The van der Waals surface area contributed by atoms with Crippen LogP contribution < -0.4 is 5.14 Å². The van der Waals surface area contributed by atoms with Crippen molar-refractivity contribution in [1.29, 1.82) is 0 Å². The Morgan fingerprint density at radius 3 is 2.70 bits per heavy atom. The van der Waals surface area contributed by atoms with E-state index < -0.39 is 10.0 Å². The molecule has 0 fully saturated rings. The van der Waals surface area contributed by atoms with Crippen molar-refractivity contribution in [3.63, 3.8) is 0 Å². The molecule has 0 aliphatic carbocycles. The predicted octanol–water partition coefficient (Wildman–Crippen LogP) is 0.547. The van der Waals surface area contributed by atoms with E-state index in [2.05, 4.69) is 10.2 Å². The van der Waals surface area contributed by atoms with Gasteiger partial charge in [0, 0.05) is 12.7 Å². The molecule has 0 radical (unpaired) electrons. The average molecular weight is 296 g/mol. The first-order valence-electron chi connectivity index (χ1n) is 5.95. The van der Waals surface area contributed by atoms with Crippen LogP contribution in [0.3, 0.4) is 0 Å². The molecule has 7 nitrogen and oxygen atoms in total. The zero-order valence-corrected chi connectivity index (χ0v) is 12.1. The minimum Gasteiger partial charge on any atom is -0.383 e. The van der Waals surface area contributed by atoms with Gasteiger partial charge in [-0.3, -0.25) is 4.57 Å². The number of nitrogens with zero attached hydrogens (tertiary/aromatic N) is 3. The molecule has 108 valence electrons. The molecule has 2 rings (SSSR count). The van der Waals surface area contributed by atoms with Gasteiger partial charge in [-0.05, 0) is 13.0 Å². The van der Waals surface area contributed by atoms with Gasteiger partial charge in [-0.15, -0.1) is 10.2 Å². The molecule has 0 unspecified atom stereocenters. The van der Waals surface area contributed by atoms with Gasteiger partial charge in [-0.2, -0.15) is 0 Å². The van der Waals surface area contributed by atoms with Crippen LogP contribution >= 0.6 is 0 Å². The second-order valence-corrected chi connectivity index (χ2v) is 5.82. The quantitative estimate of drug-likeness (QED) is 0.868. The number of hydrogen-bond donors (Lipinski definition) is 1. The van der Waals surface area contributed by atoms with Crippen LogP contribution in [0.1, 0.15) is 5.56 Å². The lowest BCUT2D eigenvalue weighted by molar-refractivity contribution is 0.185. The molecular weight excluding hydrogens is 280 g/mol. The van der Waals surface area contributed by atoms with Gasteiger partial charge in [0.25, 0.3) is 15.2 Å². The lowest BCUT2D eigenvalue weighted by Crippen LogP contribution is -2.20. The zero-order chi connectivity index (χ0) is 14.8. The van der Waals surface area contributed by atoms with E-state index in [-0.39, 0.29) is 5.16 Å². The fraction of sp³-hybridized carbons (Fsp3) is 0.333. The predicted molar refractivity (Wildman–Crippen MR) is 73.4 cm³/mol. The number of hydrogen-bond acceptors (Lipinski definition) is 5. The zero-order valence-electron chi connectivity index (χ0n) is 11.3. The molecule has 0 saturated carbocycles. The molecule has 2 aromatic rings. The molecule has 0 aliphatic heterocycles. The number of rotatable bonds is 5. The largest absolute Gasteiger partial charge is 0.383 e. The normalized spacial score (nSPS) is 11.8. The molecule has 0 saturated heterocycles. The fourth-order valence-electron chi connectivity index (χ4n) is 1.88. The van der Waals surface area contributed by atoms with Crippen LogP contribution in [0.4, 0.5) is 0 Å². The fourth-order valence-corrected chi connectivity index (χ4v) is 2.52. The van der Waals surface area contributed by atoms with Crippen molar-refractivity contribution in [1.82, 2.24) is 14.8 Å². The molecule has 8 heteroatoms. The molecule has 2 N–H and O–H groups in total. The topological polar surface area (TPSA) is 100 Å². The van der Waals surface area contributed by atoms with Crippen LogP contribution in [-0.2, 0) is 21.3 Å². The van der Waals surface area contributed by atoms with Gasteiger partial charge in [-0.1, -0.05) is 23.8 Å². The highest BCUT2D eigenvalue weighted by molar-refractivity contribution is 7.89. The molecule has 0 bridgehead atoms. The summed E-state index contributed by atoms with van der Waals surface area (Å²) >= 11 is 0. The summed E-state index contributed by atoms with van der Waals surface area (Å²) in [6.07, 6.45) is 0. The lowest BCUT2D eigenvalue weighted by atomic mass is 10.1. The third-order valence-electron chi connectivity index (χ3n) is 2.77. The van der Waals surface area contributed by atoms with Crippen molar-refractivity contribution >= 4 is 10.0 Å². The van der Waals surface area contributed by atoms with Gasteiger partial charge in [0.2, 0.25) is 0 Å². The summed E-state index contributed by atoms with van der Waals surface area (Å²) in [7, 11) is -2.39. The molecule has 0 aliphatic rings. The Labute approximate surface area is 117 Å². The van der Waals surface area contributed by atoms with Crippen LogP contribution in [0.25, 0.3) is 11.4 Å². The standard InChI is InChI=1S/C12H16N4O3S/c1-9-4-3-5-10(8-9)11-14-15-12(20(13,17)18)16(11)6-7-19-2/h3-5,8H,6-7H2,1-2H3,(H2,13,17,18). The van der Waals surface area contributed by atoms with E-state index in [0.717, 1.165) is 11.1 Å². The Kier molecular flexibility index (Phi) is 4.17. The number of aromatic nitrogens is 3. The van der Waals surface area contributed by atoms with E-state index in [1.54, 1.807) is 0 Å². The number of ether oxygens (including phenoxy) is 1. The first-order valence-corrected chi connectivity index (χ1v) is 7.50. The molecule has 0 amide bonds. The van der Waals surface area contributed by atoms with Crippen molar-refractivity contribution < 1.29 is 13.2 Å². The van der Waals surface area contributed by atoms with Gasteiger partial charge in [0.15, 0.2) is 5.82 Å². The Hall–Kier alpha value is -1.77. The summed E-state index contributed by atoms with van der Waals surface area (Å²) in [5, 5.41) is 12.5. The average Bonchev–Trinajstić information content (AvgIpc) is 2.79.